The zero-order valence-corrected chi connectivity index (χ0v) is 13.3. The lowest BCUT2D eigenvalue weighted by atomic mass is 9.98. The van der Waals surface area contributed by atoms with Crippen LogP contribution in [0, 0.1) is 5.92 Å². The molecule has 0 saturated heterocycles. The smallest absolute Gasteiger partial charge is 0.125 e. The maximum atomic E-state index is 5.77. The van der Waals surface area contributed by atoms with Gasteiger partial charge in [-0.3, -0.25) is 0 Å². The molecule has 1 N–H and O–H groups in total. The summed E-state index contributed by atoms with van der Waals surface area (Å²) in [5.74, 6) is 1.70. The summed E-state index contributed by atoms with van der Waals surface area (Å²) in [5, 5.41) is 3.41. The van der Waals surface area contributed by atoms with Crippen molar-refractivity contribution in [2.75, 3.05) is 33.4 Å². The van der Waals surface area contributed by atoms with E-state index in [0.717, 1.165) is 49.4 Å². The second kappa shape index (κ2) is 7.27. The first kappa shape index (κ1) is 14.8. The topological polar surface area (TPSA) is 30.5 Å². The summed E-state index contributed by atoms with van der Waals surface area (Å²) in [6, 6.07) is 4.36. The van der Waals surface area contributed by atoms with Gasteiger partial charge in [-0.2, -0.15) is 0 Å². The van der Waals surface area contributed by atoms with Gasteiger partial charge in [0.15, 0.2) is 0 Å². The molecule has 0 fully saturated rings. The van der Waals surface area contributed by atoms with Gasteiger partial charge in [-0.15, -0.1) is 0 Å². The molecule has 0 spiro atoms. The van der Waals surface area contributed by atoms with Crippen molar-refractivity contribution < 1.29 is 9.47 Å². The van der Waals surface area contributed by atoms with Crippen molar-refractivity contribution >= 4 is 15.9 Å². The number of hydrogen-bond donors (Lipinski definition) is 1. The fraction of sp³-hybridized carbons (Fsp3) is 0.600. The standard InChI is InChI=1S/C15H22BrNO2/c1-11(10-17-4-6-18-2)7-13-9-14(16)8-12-3-5-19-15(12)13/h8-9,11,17H,3-7,10H2,1-2H3. The summed E-state index contributed by atoms with van der Waals surface area (Å²) in [7, 11) is 1.73. The molecular weight excluding hydrogens is 306 g/mol. The van der Waals surface area contributed by atoms with Crippen molar-refractivity contribution in [1.82, 2.24) is 5.32 Å². The van der Waals surface area contributed by atoms with E-state index in [2.05, 4.69) is 40.3 Å². The Bertz CT molecular complexity index is 423. The van der Waals surface area contributed by atoms with E-state index < -0.39 is 0 Å². The van der Waals surface area contributed by atoms with Crippen LogP contribution in [0.4, 0.5) is 0 Å². The highest BCUT2D eigenvalue weighted by Crippen LogP contribution is 2.34. The van der Waals surface area contributed by atoms with Gasteiger partial charge in [0.25, 0.3) is 0 Å². The largest absolute Gasteiger partial charge is 0.493 e. The van der Waals surface area contributed by atoms with E-state index >= 15 is 0 Å². The first-order chi connectivity index (χ1) is 9.20. The van der Waals surface area contributed by atoms with Gasteiger partial charge in [0.2, 0.25) is 0 Å². The van der Waals surface area contributed by atoms with Gasteiger partial charge in [-0.25, -0.2) is 0 Å². The molecule has 1 aromatic rings. The van der Waals surface area contributed by atoms with Crippen LogP contribution in [-0.2, 0) is 17.6 Å². The third-order valence-corrected chi connectivity index (χ3v) is 3.83. The summed E-state index contributed by atoms with van der Waals surface area (Å²) in [5.41, 5.74) is 2.66. The highest BCUT2D eigenvalue weighted by atomic mass is 79.9. The molecule has 0 aliphatic carbocycles. The number of methoxy groups -OCH3 is 1. The maximum absolute atomic E-state index is 5.77. The number of rotatable bonds is 7. The van der Waals surface area contributed by atoms with Gasteiger partial charge in [-0.1, -0.05) is 22.9 Å². The Morgan fingerprint density at radius 1 is 1.47 bits per heavy atom. The van der Waals surface area contributed by atoms with Crippen LogP contribution in [0.3, 0.4) is 0 Å². The summed E-state index contributed by atoms with van der Waals surface area (Å²) < 4.78 is 12.0. The zero-order chi connectivity index (χ0) is 13.7. The van der Waals surface area contributed by atoms with Gasteiger partial charge < -0.3 is 14.8 Å². The number of ether oxygens (including phenoxy) is 2. The second-order valence-electron chi connectivity index (χ2n) is 5.16. The molecule has 0 bridgehead atoms. The molecule has 19 heavy (non-hydrogen) atoms. The van der Waals surface area contributed by atoms with Crippen LogP contribution >= 0.6 is 15.9 Å². The number of halogens is 1. The minimum atomic E-state index is 0.583. The zero-order valence-electron chi connectivity index (χ0n) is 11.7. The number of nitrogens with one attached hydrogen (secondary N) is 1. The molecular formula is C15H22BrNO2. The van der Waals surface area contributed by atoms with Crippen LogP contribution in [-0.4, -0.2) is 33.4 Å². The van der Waals surface area contributed by atoms with Crippen LogP contribution in [0.2, 0.25) is 0 Å². The van der Waals surface area contributed by atoms with Crippen molar-refractivity contribution in [3.8, 4) is 5.75 Å². The number of fused-ring (bicyclic) bond motifs is 1. The number of hydrogen-bond acceptors (Lipinski definition) is 3. The van der Waals surface area contributed by atoms with Gasteiger partial charge in [0, 0.05) is 24.5 Å². The van der Waals surface area contributed by atoms with Crippen molar-refractivity contribution in [3.05, 3.63) is 27.7 Å². The van der Waals surface area contributed by atoms with Crippen LogP contribution < -0.4 is 10.1 Å². The van der Waals surface area contributed by atoms with Crippen molar-refractivity contribution in [1.29, 1.82) is 0 Å². The van der Waals surface area contributed by atoms with E-state index in [-0.39, 0.29) is 0 Å². The Kier molecular flexibility index (Phi) is 5.67. The molecule has 1 aromatic carbocycles. The third kappa shape index (κ3) is 4.20. The highest BCUT2D eigenvalue weighted by molar-refractivity contribution is 9.10. The van der Waals surface area contributed by atoms with Crippen LogP contribution in [0.15, 0.2) is 16.6 Å². The SMILES string of the molecule is COCCNCC(C)Cc1cc(Br)cc2c1OCC2. The Balaban J connectivity index is 1.92. The van der Waals surface area contributed by atoms with Crippen LogP contribution in [0.5, 0.6) is 5.75 Å². The van der Waals surface area contributed by atoms with E-state index in [1.165, 1.54) is 11.1 Å². The molecule has 0 saturated carbocycles. The Morgan fingerprint density at radius 3 is 3.11 bits per heavy atom. The van der Waals surface area contributed by atoms with E-state index in [0.29, 0.717) is 5.92 Å². The fourth-order valence-electron chi connectivity index (χ4n) is 2.47. The summed E-state index contributed by atoms with van der Waals surface area (Å²) >= 11 is 3.59. The molecule has 3 nitrogen and oxygen atoms in total. The molecule has 106 valence electrons. The molecule has 1 aliphatic rings. The minimum absolute atomic E-state index is 0.583. The molecule has 2 rings (SSSR count). The van der Waals surface area contributed by atoms with Gasteiger partial charge in [-0.05, 0) is 42.1 Å². The monoisotopic (exact) mass is 327 g/mol. The van der Waals surface area contributed by atoms with Gasteiger partial charge in [0.1, 0.15) is 5.75 Å². The lowest BCUT2D eigenvalue weighted by molar-refractivity contribution is 0.198. The first-order valence-corrected chi connectivity index (χ1v) is 7.63. The molecule has 1 unspecified atom stereocenters. The Labute approximate surface area is 123 Å². The van der Waals surface area contributed by atoms with E-state index in [1.54, 1.807) is 7.11 Å². The molecule has 1 aliphatic heterocycles. The van der Waals surface area contributed by atoms with Gasteiger partial charge in [0.05, 0.1) is 13.2 Å². The van der Waals surface area contributed by atoms with E-state index in [1.807, 2.05) is 0 Å². The normalized spacial score (nSPS) is 15.1. The predicted octanol–water partition coefficient (Wildman–Crippen LogP) is 2.80. The lowest BCUT2D eigenvalue weighted by Gasteiger charge is -2.15. The second-order valence-corrected chi connectivity index (χ2v) is 6.07. The predicted molar refractivity (Wildman–Crippen MR) is 81.0 cm³/mol. The molecule has 0 radical (unpaired) electrons. The van der Waals surface area contributed by atoms with Crippen molar-refractivity contribution in [2.24, 2.45) is 5.92 Å². The molecule has 4 heteroatoms. The maximum Gasteiger partial charge on any atom is 0.125 e. The van der Waals surface area contributed by atoms with Gasteiger partial charge >= 0.3 is 0 Å². The third-order valence-electron chi connectivity index (χ3n) is 3.37. The molecule has 0 aromatic heterocycles. The Morgan fingerprint density at radius 2 is 2.32 bits per heavy atom. The van der Waals surface area contributed by atoms with E-state index in [4.69, 9.17) is 9.47 Å². The van der Waals surface area contributed by atoms with Crippen molar-refractivity contribution in [3.63, 3.8) is 0 Å². The lowest BCUT2D eigenvalue weighted by Crippen LogP contribution is -2.25. The summed E-state index contributed by atoms with van der Waals surface area (Å²) in [4.78, 5) is 0. The number of benzene rings is 1. The highest BCUT2D eigenvalue weighted by Gasteiger charge is 2.18. The molecule has 1 heterocycles. The summed E-state index contributed by atoms with van der Waals surface area (Å²) in [6.45, 7) is 5.77. The summed E-state index contributed by atoms with van der Waals surface area (Å²) in [6.07, 6.45) is 2.07. The molecule has 0 amide bonds. The fourth-order valence-corrected chi connectivity index (χ4v) is 3.02. The van der Waals surface area contributed by atoms with Crippen LogP contribution in [0.25, 0.3) is 0 Å². The quantitative estimate of drug-likeness (QED) is 0.781. The van der Waals surface area contributed by atoms with E-state index in [9.17, 15) is 0 Å². The minimum Gasteiger partial charge on any atom is -0.493 e. The molecule has 1 atom stereocenters. The average molecular weight is 328 g/mol. The Hall–Kier alpha value is -0.580. The van der Waals surface area contributed by atoms with Crippen molar-refractivity contribution in [2.45, 2.75) is 19.8 Å². The average Bonchev–Trinajstić information content (AvgIpc) is 2.82. The van der Waals surface area contributed by atoms with Crippen LogP contribution in [0.1, 0.15) is 18.1 Å². The first-order valence-electron chi connectivity index (χ1n) is 6.84.